The van der Waals surface area contributed by atoms with E-state index in [1.54, 1.807) is 6.92 Å². The van der Waals surface area contributed by atoms with Crippen LogP contribution in [0, 0.1) is 26.7 Å². The number of amides is 1. The zero-order chi connectivity index (χ0) is 17.4. The Hall–Kier alpha value is -1.95. The fourth-order valence-corrected chi connectivity index (χ4v) is 3.60. The molecule has 0 radical (unpaired) electrons. The molecule has 2 aromatic rings. The SMILES string of the molecule is Cc1cc2nc(C)c(CCC(=O)N3CCC(C(C)O)C3)c(C)n2n1. The number of fused-ring (bicyclic) bond motifs is 1. The molecule has 6 nitrogen and oxygen atoms in total. The van der Waals surface area contributed by atoms with Crippen LogP contribution in [0.2, 0.25) is 0 Å². The largest absolute Gasteiger partial charge is 0.393 e. The number of carbonyl (C=O) groups excluding carboxylic acids is 1. The van der Waals surface area contributed by atoms with Crippen molar-refractivity contribution >= 4 is 11.6 Å². The van der Waals surface area contributed by atoms with E-state index in [1.807, 2.05) is 36.3 Å². The van der Waals surface area contributed by atoms with E-state index in [4.69, 9.17) is 0 Å². The van der Waals surface area contributed by atoms with Crippen molar-refractivity contribution in [1.29, 1.82) is 0 Å². The Bertz CT molecular complexity index is 766. The van der Waals surface area contributed by atoms with Gasteiger partial charge in [-0.2, -0.15) is 5.10 Å². The third kappa shape index (κ3) is 3.15. The van der Waals surface area contributed by atoms with E-state index >= 15 is 0 Å². The highest BCUT2D eigenvalue weighted by Crippen LogP contribution is 2.22. The van der Waals surface area contributed by atoms with Crippen molar-refractivity contribution in [2.75, 3.05) is 13.1 Å². The third-order valence-corrected chi connectivity index (χ3v) is 5.13. The van der Waals surface area contributed by atoms with Gasteiger partial charge >= 0.3 is 0 Å². The maximum absolute atomic E-state index is 12.5. The molecule has 130 valence electrons. The first kappa shape index (κ1) is 16.9. The maximum atomic E-state index is 12.5. The van der Waals surface area contributed by atoms with Crippen molar-refractivity contribution in [2.24, 2.45) is 5.92 Å². The second-order valence-corrected chi connectivity index (χ2v) is 6.95. The predicted molar refractivity (Wildman–Crippen MR) is 91.9 cm³/mol. The molecule has 0 saturated carbocycles. The van der Waals surface area contributed by atoms with Gasteiger partial charge in [0.05, 0.1) is 11.8 Å². The summed E-state index contributed by atoms with van der Waals surface area (Å²) >= 11 is 0. The lowest BCUT2D eigenvalue weighted by Gasteiger charge is -2.18. The van der Waals surface area contributed by atoms with Crippen molar-refractivity contribution in [3.8, 4) is 0 Å². The van der Waals surface area contributed by atoms with Crippen LogP contribution in [-0.4, -0.2) is 49.7 Å². The van der Waals surface area contributed by atoms with E-state index in [2.05, 4.69) is 10.1 Å². The minimum Gasteiger partial charge on any atom is -0.393 e. The van der Waals surface area contributed by atoms with Crippen molar-refractivity contribution in [3.63, 3.8) is 0 Å². The molecule has 2 unspecified atom stereocenters. The minimum absolute atomic E-state index is 0.161. The van der Waals surface area contributed by atoms with Crippen LogP contribution >= 0.6 is 0 Å². The van der Waals surface area contributed by atoms with Gasteiger partial charge in [-0.25, -0.2) is 9.50 Å². The van der Waals surface area contributed by atoms with Gasteiger partial charge in [-0.1, -0.05) is 0 Å². The maximum Gasteiger partial charge on any atom is 0.222 e. The molecule has 1 amide bonds. The van der Waals surface area contributed by atoms with E-state index in [-0.39, 0.29) is 17.9 Å². The number of aliphatic hydroxyl groups is 1. The second kappa shape index (κ2) is 6.51. The van der Waals surface area contributed by atoms with Crippen LogP contribution in [0.3, 0.4) is 0 Å². The first-order chi connectivity index (χ1) is 11.4. The fraction of sp³-hybridized carbons (Fsp3) is 0.611. The van der Waals surface area contributed by atoms with Gasteiger partial charge in [0.25, 0.3) is 0 Å². The van der Waals surface area contributed by atoms with Gasteiger partial charge < -0.3 is 10.0 Å². The zero-order valence-electron chi connectivity index (χ0n) is 14.9. The number of carbonyl (C=O) groups is 1. The fourth-order valence-electron chi connectivity index (χ4n) is 3.60. The molecule has 3 heterocycles. The molecule has 2 atom stereocenters. The summed E-state index contributed by atoms with van der Waals surface area (Å²) in [5.74, 6) is 0.371. The molecule has 0 aromatic carbocycles. The number of aryl methyl sites for hydroxylation is 3. The molecule has 0 aliphatic carbocycles. The molecule has 1 aliphatic heterocycles. The summed E-state index contributed by atoms with van der Waals surface area (Å²) in [6.45, 7) is 9.21. The molecule has 0 bridgehead atoms. The highest BCUT2D eigenvalue weighted by Gasteiger charge is 2.28. The Labute approximate surface area is 142 Å². The van der Waals surface area contributed by atoms with Crippen molar-refractivity contribution in [2.45, 2.75) is 53.1 Å². The number of nitrogens with zero attached hydrogens (tertiary/aromatic N) is 4. The standard InChI is InChI=1S/C18H26N4O2/c1-11-9-17-19-12(2)16(13(3)22(17)20-11)5-6-18(24)21-8-7-15(10-21)14(4)23/h9,14-15,23H,5-8,10H2,1-4H3. The molecule has 24 heavy (non-hydrogen) atoms. The summed E-state index contributed by atoms with van der Waals surface area (Å²) in [6, 6.07) is 1.97. The smallest absolute Gasteiger partial charge is 0.222 e. The lowest BCUT2D eigenvalue weighted by atomic mass is 10.0. The van der Waals surface area contributed by atoms with Gasteiger partial charge in [-0.15, -0.1) is 0 Å². The number of aliphatic hydroxyl groups excluding tert-OH is 1. The summed E-state index contributed by atoms with van der Waals surface area (Å²) in [7, 11) is 0. The van der Waals surface area contributed by atoms with Crippen LogP contribution in [-0.2, 0) is 11.2 Å². The first-order valence-electron chi connectivity index (χ1n) is 8.65. The summed E-state index contributed by atoms with van der Waals surface area (Å²) in [5.41, 5.74) is 4.93. The lowest BCUT2D eigenvalue weighted by Crippen LogP contribution is -2.30. The monoisotopic (exact) mass is 330 g/mol. The van der Waals surface area contributed by atoms with Crippen LogP contribution < -0.4 is 0 Å². The van der Waals surface area contributed by atoms with Crippen LogP contribution in [0.4, 0.5) is 0 Å². The summed E-state index contributed by atoms with van der Waals surface area (Å²) in [5, 5.41) is 14.2. The normalized spacial score (nSPS) is 19.2. The van der Waals surface area contributed by atoms with Gasteiger partial charge in [-0.3, -0.25) is 4.79 Å². The van der Waals surface area contributed by atoms with Gasteiger partial charge in [0.2, 0.25) is 5.91 Å². The molecular weight excluding hydrogens is 304 g/mol. The molecule has 3 rings (SSSR count). The Morgan fingerprint density at radius 3 is 2.83 bits per heavy atom. The van der Waals surface area contributed by atoms with Gasteiger partial charge in [0, 0.05) is 42.9 Å². The zero-order valence-corrected chi connectivity index (χ0v) is 14.9. The summed E-state index contributed by atoms with van der Waals surface area (Å²) < 4.78 is 1.86. The van der Waals surface area contributed by atoms with Crippen LogP contribution in [0.1, 0.15) is 42.4 Å². The van der Waals surface area contributed by atoms with Crippen LogP contribution in [0.25, 0.3) is 5.65 Å². The number of hydrogen-bond acceptors (Lipinski definition) is 4. The molecular formula is C18H26N4O2. The van der Waals surface area contributed by atoms with Crippen LogP contribution in [0.5, 0.6) is 0 Å². The average molecular weight is 330 g/mol. The van der Waals surface area contributed by atoms with E-state index in [1.165, 1.54) is 0 Å². The van der Waals surface area contributed by atoms with E-state index in [0.717, 1.165) is 41.3 Å². The molecule has 0 spiro atoms. The van der Waals surface area contributed by atoms with Gasteiger partial charge in [0.15, 0.2) is 5.65 Å². The van der Waals surface area contributed by atoms with E-state index < -0.39 is 0 Å². The molecule has 6 heteroatoms. The highest BCUT2D eigenvalue weighted by atomic mass is 16.3. The highest BCUT2D eigenvalue weighted by molar-refractivity contribution is 5.76. The Morgan fingerprint density at radius 2 is 2.17 bits per heavy atom. The number of hydrogen-bond donors (Lipinski definition) is 1. The lowest BCUT2D eigenvalue weighted by molar-refractivity contribution is -0.130. The van der Waals surface area contributed by atoms with E-state index in [0.29, 0.717) is 19.4 Å². The number of likely N-dealkylation sites (tertiary alicyclic amines) is 1. The summed E-state index contributed by atoms with van der Waals surface area (Å²) in [6.07, 6.45) is 1.69. The number of aromatic nitrogens is 3. The molecule has 1 saturated heterocycles. The van der Waals surface area contributed by atoms with Crippen molar-refractivity contribution in [3.05, 3.63) is 28.7 Å². The Kier molecular flexibility index (Phi) is 4.58. The molecule has 1 aliphatic rings. The molecule has 1 N–H and O–H groups in total. The second-order valence-electron chi connectivity index (χ2n) is 6.95. The Balaban J connectivity index is 1.70. The Morgan fingerprint density at radius 1 is 1.42 bits per heavy atom. The molecule has 2 aromatic heterocycles. The first-order valence-corrected chi connectivity index (χ1v) is 8.65. The quantitative estimate of drug-likeness (QED) is 0.928. The average Bonchev–Trinajstić information content (AvgIpc) is 3.13. The summed E-state index contributed by atoms with van der Waals surface area (Å²) in [4.78, 5) is 19.0. The van der Waals surface area contributed by atoms with Gasteiger partial charge in [0.1, 0.15) is 0 Å². The molecule has 1 fully saturated rings. The van der Waals surface area contributed by atoms with Crippen LogP contribution in [0.15, 0.2) is 6.07 Å². The van der Waals surface area contributed by atoms with E-state index in [9.17, 15) is 9.90 Å². The van der Waals surface area contributed by atoms with Crippen molar-refractivity contribution in [1.82, 2.24) is 19.5 Å². The van der Waals surface area contributed by atoms with Gasteiger partial charge in [-0.05, 0) is 46.1 Å². The predicted octanol–water partition coefficient (Wildman–Crippen LogP) is 1.82. The minimum atomic E-state index is -0.345. The van der Waals surface area contributed by atoms with Crippen molar-refractivity contribution < 1.29 is 9.90 Å². The third-order valence-electron chi connectivity index (χ3n) is 5.13. The number of rotatable bonds is 4. The topological polar surface area (TPSA) is 70.7 Å².